The van der Waals surface area contributed by atoms with E-state index in [9.17, 15) is 13.2 Å². The van der Waals surface area contributed by atoms with Gasteiger partial charge in [-0.1, -0.05) is 17.7 Å². The highest BCUT2D eigenvalue weighted by Gasteiger charge is 2.44. The molecule has 0 saturated carbocycles. The number of rotatable bonds is 0. The third-order valence-corrected chi connectivity index (χ3v) is 3.22. The molecule has 0 fully saturated rings. The summed E-state index contributed by atoms with van der Waals surface area (Å²) in [6.45, 7) is 6.28. The fourth-order valence-corrected chi connectivity index (χ4v) is 1.30. The van der Waals surface area contributed by atoms with Crippen molar-refractivity contribution < 1.29 is 26.1 Å². The van der Waals surface area contributed by atoms with Gasteiger partial charge in [0.05, 0.1) is 0 Å². The number of benzene rings is 1. The molecule has 0 saturated heterocycles. The highest BCUT2D eigenvalue weighted by molar-refractivity contribution is 7.86. The van der Waals surface area contributed by atoms with Crippen LogP contribution < -0.4 is 0 Å². The van der Waals surface area contributed by atoms with E-state index in [2.05, 4.69) is 45.5 Å². The molecular formula is C10H13F3O3S2. The van der Waals surface area contributed by atoms with Gasteiger partial charge in [-0.25, -0.2) is 0 Å². The van der Waals surface area contributed by atoms with Gasteiger partial charge in [0, 0.05) is 4.90 Å². The van der Waals surface area contributed by atoms with E-state index in [1.807, 2.05) is 0 Å². The second kappa shape index (κ2) is 5.94. The van der Waals surface area contributed by atoms with E-state index in [1.165, 1.54) is 16.7 Å². The second-order valence-corrected chi connectivity index (χ2v) is 5.53. The summed E-state index contributed by atoms with van der Waals surface area (Å²) in [7, 11) is -5.84. The molecule has 1 N–H and O–H groups in total. The Morgan fingerprint density at radius 3 is 1.61 bits per heavy atom. The van der Waals surface area contributed by atoms with Gasteiger partial charge in [-0.3, -0.25) is 4.55 Å². The minimum atomic E-state index is -5.84. The third-order valence-electron chi connectivity index (χ3n) is 1.93. The topological polar surface area (TPSA) is 54.4 Å². The lowest BCUT2D eigenvalue weighted by molar-refractivity contribution is -0.0510. The Morgan fingerprint density at radius 1 is 1.11 bits per heavy atom. The molecule has 104 valence electrons. The first-order valence-electron chi connectivity index (χ1n) is 4.67. The van der Waals surface area contributed by atoms with E-state index in [0.29, 0.717) is 0 Å². The van der Waals surface area contributed by atoms with Crippen molar-refractivity contribution in [3.05, 3.63) is 28.8 Å². The molecule has 0 unspecified atom stereocenters. The quantitative estimate of drug-likeness (QED) is 0.439. The molecule has 0 aliphatic heterocycles. The highest BCUT2D eigenvalue weighted by atomic mass is 32.2. The minimum absolute atomic E-state index is 1.12. The lowest BCUT2D eigenvalue weighted by atomic mass is 10.1. The normalized spacial score (nSPS) is 11.8. The minimum Gasteiger partial charge on any atom is -0.279 e. The van der Waals surface area contributed by atoms with Gasteiger partial charge < -0.3 is 0 Å². The Hall–Kier alpha value is -0.730. The second-order valence-electron chi connectivity index (χ2n) is 3.67. The van der Waals surface area contributed by atoms with Crippen LogP contribution in [-0.2, 0) is 10.1 Å². The van der Waals surface area contributed by atoms with E-state index in [0.717, 1.165) is 4.90 Å². The van der Waals surface area contributed by atoms with Gasteiger partial charge in [0.2, 0.25) is 0 Å². The number of aryl methyl sites for hydroxylation is 3. The Kier molecular flexibility index (Phi) is 5.70. The van der Waals surface area contributed by atoms with Gasteiger partial charge >= 0.3 is 15.6 Å². The lowest BCUT2D eigenvalue weighted by Crippen LogP contribution is -2.21. The molecule has 1 aromatic rings. The van der Waals surface area contributed by atoms with Crippen molar-refractivity contribution in [2.75, 3.05) is 0 Å². The molecule has 0 aromatic heterocycles. The van der Waals surface area contributed by atoms with Gasteiger partial charge in [-0.2, -0.15) is 21.6 Å². The fourth-order valence-electron chi connectivity index (χ4n) is 1.17. The van der Waals surface area contributed by atoms with Crippen LogP contribution >= 0.6 is 12.6 Å². The molecule has 0 amide bonds. The maximum absolute atomic E-state index is 10.7. The summed E-state index contributed by atoms with van der Waals surface area (Å²) in [5.41, 5.74) is -1.69. The Bertz CT molecular complexity index is 499. The van der Waals surface area contributed by atoms with Crippen molar-refractivity contribution in [2.24, 2.45) is 0 Å². The predicted octanol–water partition coefficient (Wildman–Crippen LogP) is 3.29. The molecule has 0 aliphatic rings. The van der Waals surface area contributed by atoms with E-state index in [-0.39, 0.29) is 0 Å². The average molecular weight is 302 g/mol. The first kappa shape index (κ1) is 17.3. The molecule has 0 heterocycles. The molecule has 0 spiro atoms. The van der Waals surface area contributed by atoms with Crippen molar-refractivity contribution in [1.82, 2.24) is 0 Å². The summed E-state index contributed by atoms with van der Waals surface area (Å²) in [6, 6.07) is 4.30. The molecule has 3 nitrogen and oxygen atoms in total. The molecule has 18 heavy (non-hydrogen) atoms. The average Bonchev–Trinajstić information content (AvgIpc) is 2.11. The van der Waals surface area contributed by atoms with Crippen LogP contribution in [0.25, 0.3) is 0 Å². The molecule has 0 radical (unpaired) electrons. The zero-order valence-corrected chi connectivity index (χ0v) is 11.6. The largest absolute Gasteiger partial charge is 0.522 e. The van der Waals surface area contributed by atoms with Crippen LogP contribution in [0.15, 0.2) is 17.0 Å². The van der Waals surface area contributed by atoms with E-state index >= 15 is 0 Å². The van der Waals surface area contributed by atoms with Crippen LogP contribution in [0.1, 0.15) is 16.7 Å². The van der Waals surface area contributed by atoms with Gasteiger partial charge in [0.15, 0.2) is 0 Å². The van der Waals surface area contributed by atoms with E-state index in [1.54, 1.807) is 0 Å². The van der Waals surface area contributed by atoms with Crippen LogP contribution in [-0.4, -0.2) is 18.5 Å². The van der Waals surface area contributed by atoms with Crippen LogP contribution in [0.2, 0.25) is 0 Å². The summed E-state index contributed by atoms with van der Waals surface area (Å²) in [5, 5.41) is 0. The van der Waals surface area contributed by atoms with Crippen molar-refractivity contribution in [3.8, 4) is 0 Å². The van der Waals surface area contributed by atoms with Gasteiger partial charge in [-0.15, -0.1) is 12.6 Å². The number of halogens is 3. The van der Waals surface area contributed by atoms with Gasteiger partial charge in [-0.05, 0) is 31.9 Å². The van der Waals surface area contributed by atoms with Gasteiger partial charge in [0.25, 0.3) is 0 Å². The van der Waals surface area contributed by atoms with Gasteiger partial charge in [0.1, 0.15) is 0 Å². The van der Waals surface area contributed by atoms with E-state index in [4.69, 9.17) is 13.0 Å². The zero-order chi connectivity index (χ0) is 14.7. The Morgan fingerprint density at radius 2 is 1.39 bits per heavy atom. The van der Waals surface area contributed by atoms with Crippen molar-refractivity contribution in [2.45, 2.75) is 31.2 Å². The highest BCUT2D eigenvalue weighted by Crippen LogP contribution is 2.20. The van der Waals surface area contributed by atoms with E-state index < -0.39 is 15.6 Å². The molecule has 0 atom stereocenters. The third kappa shape index (κ3) is 5.28. The number of hydrogen-bond acceptors (Lipinski definition) is 3. The Balaban J connectivity index is 0.000000331. The first-order chi connectivity index (χ1) is 7.86. The van der Waals surface area contributed by atoms with Crippen molar-refractivity contribution >= 4 is 22.7 Å². The summed E-state index contributed by atoms with van der Waals surface area (Å²) in [4.78, 5) is 1.12. The number of thiol groups is 1. The lowest BCUT2D eigenvalue weighted by Gasteiger charge is -2.03. The maximum atomic E-state index is 10.7. The Labute approximate surface area is 109 Å². The first-order valence-corrected chi connectivity index (χ1v) is 6.55. The van der Waals surface area contributed by atoms with Crippen LogP contribution in [0, 0.1) is 20.8 Å². The number of hydrogen-bond donors (Lipinski definition) is 2. The summed E-state index contributed by atoms with van der Waals surface area (Å²) in [5.74, 6) is 0. The van der Waals surface area contributed by atoms with Crippen LogP contribution in [0.3, 0.4) is 0 Å². The van der Waals surface area contributed by atoms with Crippen molar-refractivity contribution in [1.29, 1.82) is 0 Å². The summed E-state index contributed by atoms with van der Waals surface area (Å²) >= 11 is 4.36. The van der Waals surface area contributed by atoms with Crippen LogP contribution in [0.5, 0.6) is 0 Å². The molecule has 1 aromatic carbocycles. The predicted molar refractivity (Wildman–Crippen MR) is 65.5 cm³/mol. The smallest absolute Gasteiger partial charge is 0.279 e. The van der Waals surface area contributed by atoms with Crippen LogP contribution in [0.4, 0.5) is 13.2 Å². The summed E-state index contributed by atoms with van der Waals surface area (Å²) in [6.07, 6.45) is 0. The monoisotopic (exact) mass is 302 g/mol. The molecule has 1 rings (SSSR count). The number of alkyl halides is 3. The molecule has 0 bridgehead atoms. The fraction of sp³-hybridized carbons (Fsp3) is 0.400. The molecule has 8 heteroatoms. The molecular weight excluding hydrogens is 289 g/mol. The SMILES string of the molecule is Cc1cc(C)c(S)c(C)c1.O=S(=O)(O)C(F)(F)F. The zero-order valence-electron chi connectivity index (χ0n) is 9.91. The van der Waals surface area contributed by atoms with Crippen molar-refractivity contribution in [3.63, 3.8) is 0 Å². The standard InChI is InChI=1S/C9H12S.CHF3O3S/c1-6-4-7(2)9(10)8(3)5-6;2-1(3,4)8(5,6)7/h4-5,10H,1-3H3;(H,5,6,7). The molecule has 0 aliphatic carbocycles. The maximum Gasteiger partial charge on any atom is 0.522 e. The summed E-state index contributed by atoms with van der Waals surface area (Å²) < 4.78 is 57.5.